The lowest BCUT2D eigenvalue weighted by Gasteiger charge is -2.20. The van der Waals surface area contributed by atoms with Crippen molar-refractivity contribution in [3.05, 3.63) is 83.2 Å². The van der Waals surface area contributed by atoms with E-state index in [1.54, 1.807) is 0 Å². The Hall–Kier alpha value is -2.76. The van der Waals surface area contributed by atoms with Gasteiger partial charge in [-0.2, -0.15) is 0 Å². The zero-order chi connectivity index (χ0) is 18.6. The van der Waals surface area contributed by atoms with Gasteiger partial charge in [0, 0.05) is 24.0 Å². The lowest BCUT2D eigenvalue weighted by Crippen LogP contribution is -2.25. The van der Waals surface area contributed by atoms with Crippen molar-refractivity contribution < 1.29 is 0 Å². The van der Waals surface area contributed by atoms with Crippen LogP contribution in [0.4, 0.5) is 11.6 Å². The van der Waals surface area contributed by atoms with Gasteiger partial charge in [0.15, 0.2) is 0 Å². The highest BCUT2D eigenvalue weighted by molar-refractivity contribution is 5.54. The summed E-state index contributed by atoms with van der Waals surface area (Å²) in [6.07, 6.45) is 2.46. The van der Waals surface area contributed by atoms with E-state index in [4.69, 9.17) is 10.7 Å². The maximum absolute atomic E-state index is 5.67. The average Bonchev–Trinajstić information content (AvgIpc) is 3.51. The van der Waals surface area contributed by atoms with Crippen molar-refractivity contribution in [2.75, 3.05) is 5.32 Å². The number of aromatic nitrogens is 2. The number of rotatable bonds is 7. The Labute approximate surface area is 160 Å². The highest BCUT2D eigenvalue weighted by Gasteiger charge is 2.27. The number of hydrogen-bond donors (Lipinski definition) is 3. The third kappa shape index (κ3) is 4.51. The summed E-state index contributed by atoms with van der Waals surface area (Å²) in [6.45, 7) is 2.55. The Morgan fingerprint density at radius 3 is 2.44 bits per heavy atom. The van der Waals surface area contributed by atoms with Crippen LogP contribution in [-0.2, 0) is 6.54 Å². The Morgan fingerprint density at radius 2 is 1.78 bits per heavy atom. The van der Waals surface area contributed by atoms with E-state index in [0.717, 1.165) is 22.6 Å². The normalized spacial score (nSPS) is 14.7. The number of aryl methyl sites for hydroxylation is 1. The number of hydrogen-bond acceptors (Lipinski definition) is 5. The summed E-state index contributed by atoms with van der Waals surface area (Å²) in [6, 6.07) is 21.2. The number of anilines is 2. The minimum absolute atomic E-state index is 0.0700. The summed E-state index contributed by atoms with van der Waals surface area (Å²) < 4.78 is 0. The number of nitrogens with two attached hydrogens (primary N) is 1. The highest BCUT2D eigenvalue weighted by Crippen LogP contribution is 2.29. The standard InChI is InChI=1S/C22H25N5/c1-15-13-20(21(25-18-11-12-18)17-5-3-2-4-6-17)27-22(24-15)26-19-9-7-16(14-23)8-10-19/h2-10,13,18,21,25H,11-12,14,23H2,1H3,(H,24,26,27). The molecule has 0 aliphatic heterocycles. The van der Waals surface area contributed by atoms with Crippen molar-refractivity contribution in [1.29, 1.82) is 0 Å². The van der Waals surface area contributed by atoms with E-state index < -0.39 is 0 Å². The van der Waals surface area contributed by atoms with Crippen molar-refractivity contribution in [1.82, 2.24) is 15.3 Å². The molecule has 1 aliphatic rings. The number of benzene rings is 2. The first-order valence-corrected chi connectivity index (χ1v) is 9.44. The van der Waals surface area contributed by atoms with Crippen LogP contribution in [0.15, 0.2) is 60.7 Å². The molecule has 4 N–H and O–H groups in total. The molecule has 138 valence electrons. The summed E-state index contributed by atoms with van der Waals surface area (Å²) >= 11 is 0. The van der Waals surface area contributed by atoms with Crippen LogP contribution in [0.2, 0.25) is 0 Å². The second-order valence-electron chi connectivity index (χ2n) is 7.07. The Morgan fingerprint density at radius 1 is 1.04 bits per heavy atom. The van der Waals surface area contributed by atoms with Crippen LogP contribution in [-0.4, -0.2) is 16.0 Å². The van der Waals surface area contributed by atoms with E-state index in [-0.39, 0.29) is 6.04 Å². The van der Waals surface area contributed by atoms with E-state index in [2.05, 4.69) is 45.9 Å². The average molecular weight is 359 g/mol. The molecule has 1 aliphatic carbocycles. The van der Waals surface area contributed by atoms with Gasteiger partial charge >= 0.3 is 0 Å². The third-order valence-corrected chi connectivity index (χ3v) is 4.73. The lowest BCUT2D eigenvalue weighted by molar-refractivity contribution is 0.586. The maximum atomic E-state index is 5.67. The molecule has 0 spiro atoms. The van der Waals surface area contributed by atoms with Crippen LogP contribution in [0.3, 0.4) is 0 Å². The SMILES string of the molecule is Cc1cc(C(NC2CC2)c2ccccc2)nc(Nc2ccc(CN)cc2)n1. The molecule has 27 heavy (non-hydrogen) atoms. The van der Waals surface area contributed by atoms with Gasteiger partial charge in [-0.25, -0.2) is 9.97 Å². The van der Waals surface area contributed by atoms with Gasteiger partial charge in [0.05, 0.1) is 11.7 Å². The van der Waals surface area contributed by atoms with Crippen molar-refractivity contribution in [3.63, 3.8) is 0 Å². The predicted molar refractivity (Wildman–Crippen MR) is 109 cm³/mol. The smallest absolute Gasteiger partial charge is 0.227 e. The molecule has 1 heterocycles. The molecule has 2 aromatic carbocycles. The molecule has 1 unspecified atom stereocenters. The van der Waals surface area contributed by atoms with Crippen LogP contribution in [0, 0.1) is 6.92 Å². The summed E-state index contributed by atoms with van der Waals surface area (Å²) in [5.74, 6) is 0.615. The first-order chi connectivity index (χ1) is 13.2. The van der Waals surface area contributed by atoms with Gasteiger partial charge in [0.25, 0.3) is 0 Å². The van der Waals surface area contributed by atoms with Crippen LogP contribution in [0.1, 0.15) is 41.4 Å². The fourth-order valence-electron chi connectivity index (χ4n) is 3.13. The van der Waals surface area contributed by atoms with Crippen molar-refractivity contribution in [3.8, 4) is 0 Å². The molecule has 3 aromatic rings. The van der Waals surface area contributed by atoms with Gasteiger partial charge in [-0.1, -0.05) is 42.5 Å². The fraction of sp³-hybridized carbons (Fsp3) is 0.273. The summed E-state index contributed by atoms with van der Waals surface area (Å²) in [5, 5.41) is 7.05. The molecular formula is C22H25N5. The van der Waals surface area contributed by atoms with Crippen molar-refractivity contribution in [2.45, 2.75) is 38.4 Å². The fourth-order valence-corrected chi connectivity index (χ4v) is 3.13. The summed E-state index contributed by atoms with van der Waals surface area (Å²) in [7, 11) is 0. The predicted octanol–water partition coefficient (Wildman–Crippen LogP) is 3.83. The minimum atomic E-state index is 0.0700. The van der Waals surface area contributed by atoms with E-state index in [1.165, 1.54) is 18.4 Å². The molecular weight excluding hydrogens is 334 g/mol. The Bertz CT molecular complexity index is 888. The molecule has 1 fully saturated rings. The molecule has 1 aromatic heterocycles. The van der Waals surface area contributed by atoms with Crippen LogP contribution < -0.4 is 16.4 Å². The van der Waals surface area contributed by atoms with Gasteiger partial charge in [-0.05, 0) is 49.1 Å². The van der Waals surface area contributed by atoms with E-state index >= 15 is 0 Å². The molecule has 1 saturated carbocycles. The first-order valence-electron chi connectivity index (χ1n) is 9.44. The van der Waals surface area contributed by atoms with E-state index in [0.29, 0.717) is 18.5 Å². The molecule has 0 amide bonds. The largest absolute Gasteiger partial charge is 0.326 e. The second kappa shape index (κ2) is 7.86. The number of nitrogens with one attached hydrogen (secondary N) is 2. The van der Waals surface area contributed by atoms with E-state index in [1.807, 2.05) is 37.3 Å². The van der Waals surface area contributed by atoms with Crippen LogP contribution in [0.25, 0.3) is 0 Å². The molecule has 0 bridgehead atoms. The monoisotopic (exact) mass is 359 g/mol. The third-order valence-electron chi connectivity index (χ3n) is 4.73. The van der Waals surface area contributed by atoms with Crippen molar-refractivity contribution in [2.24, 2.45) is 5.73 Å². The quantitative estimate of drug-likeness (QED) is 0.598. The molecule has 0 radical (unpaired) electrons. The van der Waals surface area contributed by atoms with Gasteiger partial charge in [0.1, 0.15) is 0 Å². The van der Waals surface area contributed by atoms with Gasteiger partial charge in [-0.3, -0.25) is 0 Å². The lowest BCUT2D eigenvalue weighted by atomic mass is 10.0. The van der Waals surface area contributed by atoms with Gasteiger partial charge in [0.2, 0.25) is 5.95 Å². The number of nitrogens with zero attached hydrogens (tertiary/aromatic N) is 2. The highest BCUT2D eigenvalue weighted by atomic mass is 15.1. The zero-order valence-electron chi connectivity index (χ0n) is 15.5. The van der Waals surface area contributed by atoms with Crippen molar-refractivity contribution >= 4 is 11.6 Å². The molecule has 4 rings (SSSR count). The maximum Gasteiger partial charge on any atom is 0.227 e. The summed E-state index contributed by atoms with van der Waals surface area (Å²) in [4.78, 5) is 9.39. The topological polar surface area (TPSA) is 75.9 Å². The summed E-state index contributed by atoms with van der Waals surface area (Å²) in [5.41, 5.74) is 10.9. The van der Waals surface area contributed by atoms with Crippen LogP contribution >= 0.6 is 0 Å². The van der Waals surface area contributed by atoms with Gasteiger partial charge < -0.3 is 16.4 Å². The van der Waals surface area contributed by atoms with Crippen LogP contribution in [0.5, 0.6) is 0 Å². The molecule has 1 atom stereocenters. The molecule has 0 saturated heterocycles. The molecule has 5 heteroatoms. The van der Waals surface area contributed by atoms with E-state index in [9.17, 15) is 0 Å². The van der Waals surface area contributed by atoms with Gasteiger partial charge in [-0.15, -0.1) is 0 Å². The Balaban J connectivity index is 1.63. The Kier molecular flexibility index (Phi) is 5.14. The molecule has 5 nitrogen and oxygen atoms in total. The first kappa shape index (κ1) is 17.6. The second-order valence-corrected chi connectivity index (χ2v) is 7.07. The zero-order valence-corrected chi connectivity index (χ0v) is 15.5. The minimum Gasteiger partial charge on any atom is -0.326 e.